The van der Waals surface area contributed by atoms with E-state index < -0.39 is 0 Å². The van der Waals surface area contributed by atoms with Crippen LogP contribution >= 0.6 is 11.3 Å². The molecule has 1 aromatic carbocycles. The van der Waals surface area contributed by atoms with Gasteiger partial charge in [-0.2, -0.15) is 0 Å². The van der Waals surface area contributed by atoms with Crippen molar-refractivity contribution in [3.63, 3.8) is 0 Å². The minimum absolute atomic E-state index is 0.0679. The Morgan fingerprint density at radius 3 is 2.52 bits per heavy atom. The van der Waals surface area contributed by atoms with Gasteiger partial charge >= 0.3 is 5.97 Å². The van der Waals surface area contributed by atoms with Crippen LogP contribution in [0.2, 0.25) is 0 Å². The third kappa shape index (κ3) is 5.08. The van der Waals surface area contributed by atoms with Crippen molar-refractivity contribution < 1.29 is 14.3 Å². The highest BCUT2D eigenvalue weighted by molar-refractivity contribution is 7.17. The summed E-state index contributed by atoms with van der Waals surface area (Å²) >= 11 is 1.53. The van der Waals surface area contributed by atoms with Crippen LogP contribution in [0.1, 0.15) is 72.5 Å². The lowest BCUT2D eigenvalue weighted by molar-refractivity contribution is -0.116. The number of thiophene rings is 1. The number of nitrogens with one attached hydrogen (secondary N) is 1. The molecule has 0 saturated heterocycles. The van der Waals surface area contributed by atoms with Gasteiger partial charge in [0, 0.05) is 11.3 Å². The standard InChI is InChI=1S/C24H31NO3S/c1-15-6-12-18-19(14-15)29-22(21(18)23(27)28-5)25-20(26)13-9-16-7-10-17(11-8-16)24(2,3)4/h7-8,10-11,15H,6,9,12-14H2,1-5H3,(H,25,26). The first-order chi connectivity index (χ1) is 13.7. The molecule has 1 heterocycles. The van der Waals surface area contributed by atoms with E-state index in [2.05, 4.69) is 57.3 Å². The van der Waals surface area contributed by atoms with Gasteiger partial charge in [0.15, 0.2) is 0 Å². The van der Waals surface area contributed by atoms with Crippen molar-refractivity contribution in [1.82, 2.24) is 0 Å². The highest BCUT2D eigenvalue weighted by Crippen LogP contribution is 2.40. The molecule has 29 heavy (non-hydrogen) atoms. The summed E-state index contributed by atoms with van der Waals surface area (Å²) in [5, 5.41) is 3.63. The second kappa shape index (κ2) is 8.70. The van der Waals surface area contributed by atoms with E-state index in [0.717, 1.165) is 30.4 Å². The summed E-state index contributed by atoms with van der Waals surface area (Å²) in [5.41, 5.74) is 4.17. The van der Waals surface area contributed by atoms with E-state index in [1.807, 2.05) is 0 Å². The van der Waals surface area contributed by atoms with Gasteiger partial charge < -0.3 is 10.1 Å². The average molecular weight is 414 g/mol. The van der Waals surface area contributed by atoms with Crippen molar-refractivity contribution in [2.45, 2.75) is 65.2 Å². The Morgan fingerprint density at radius 1 is 1.21 bits per heavy atom. The number of esters is 1. The van der Waals surface area contributed by atoms with Crippen LogP contribution in [0.3, 0.4) is 0 Å². The number of carbonyl (C=O) groups excluding carboxylic acids is 2. The highest BCUT2D eigenvalue weighted by Gasteiger charge is 2.28. The first kappa shape index (κ1) is 21.6. The zero-order valence-electron chi connectivity index (χ0n) is 18.1. The van der Waals surface area contributed by atoms with Crippen molar-refractivity contribution in [1.29, 1.82) is 0 Å². The maximum Gasteiger partial charge on any atom is 0.341 e. The molecule has 1 N–H and O–H groups in total. The first-order valence-electron chi connectivity index (χ1n) is 10.3. The Morgan fingerprint density at radius 2 is 1.90 bits per heavy atom. The van der Waals surface area contributed by atoms with Crippen molar-refractivity contribution >= 4 is 28.2 Å². The number of benzene rings is 1. The average Bonchev–Trinajstić information content (AvgIpc) is 3.02. The number of methoxy groups -OCH3 is 1. The largest absolute Gasteiger partial charge is 0.465 e. The smallest absolute Gasteiger partial charge is 0.341 e. The second-order valence-corrected chi connectivity index (χ2v) is 10.1. The maximum absolute atomic E-state index is 12.6. The molecule has 0 aliphatic heterocycles. The number of hydrogen-bond donors (Lipinski definition) is 1. The number of rotatable bonds is 5. The Labute approximate surface area is 177 Å². The summed E-state index contributed by atoms with van der Waals surface area (Å²) < 4.78 is 4.99. The molecule has 1 aromatic heterocycles. The first-order valence-corrected chi connectivity index (χ1v) is 11.1. The van der Waals surface area contributed by atoms with Crippen molar-refractivity contribution in [2.24, 2.45) is 5.92 Å². The number of carbonyl (C=O) groups is 2. The number of ether oxygens (including phenoxy) is 1. The van der Waals surface area contributed by atoms with Gasteiger partial charge in [0.2, 0.25) is 5.91 Å². The van der Waals surface area contributed by atoms with E-state index in [1.54, 1.807) is 0 Å². The highest BCUT2D eigenvalue weighted by atomic mass is 32.1. The molecule has 5 heteroatoms. The van der Waals surface area contributed by atoms with E-state index in [1.165, 1.54) is 28.9 Å². The molecule has 156 valence electrons. The number of hydrogen-bond acceptors (Lipinski definition) is 4. The van der Waals surface area contributed by atoms with Crippen LogP contribution in [0, 0.1) is 5.92 Å². The number of fused-ring (bicyclic) bond motifs is 1. The van der Waals surface area contributed by atoms with Crippen LogP contribution in [0.5, 0.6) is 0 Å². The number of amides is 1. The summed E-state index contributed by atoms with van der Waals surface area (Å²) in [4.78, 5) is 26.2. The molecule has 1 aliphatic rings. The molecule has 1 atom stereocenters. The Kier molecular flexibility index (Phi) is 6.47. The quantitative estimate of drug-likeness (QED) is 0.656. The van der Waals surface area contributed by atoms with Crippen LogP contribution < -0.4 is 5.32 Å². The van der Waals surface area contributed by atoms with Gasteiger partial charge in [-0.3, -0.25) is 4.79 Å². The fourth-order valence-electron chi connectivity index (χ4n) is 3.78. The molecular weight excluding hydrogens is 382 g/mol. The van der Waals surface area contributed by atoms with Gasteiger partial charge in [-0.05, 0) is 53.7 Å². The minimum Gasteiger partial charge on any atom is -0.465 e. The van der Waals surface area contributed by atoms with Crippen molar-refractivity contribution in [3.05, 3.63) is 51.4 Å². The summed E-state index contributed by atoms with van der Waals surface area (Å²) in [7, 11) is 1.39. The summed E-state index contributed by atoms with van der Waals surface area (Å²) in [5.74, 6) is 0.179. The lowest BCUT2D eigenvalue weighted by atomic mass is 9.86. The number of anilines is 1. The van der Waals surface area contributed by atoms with Crippen molar-refractivity contribution in [2.75, 3.05) is 12.4 Å². The fourth-order valence-corrected chi connectivity index (χ4v) is 5.19. The monoisotopic (exact) mass is 413 g/mol. The SMILES string of the molecule is COC(=O)c1c(NC(=O)CCc2ccc(C(C)(C)C)cc2)sc2c1CCC(C)C2. The third-order valence-corrected chi connectivity index (χ3v) is 6.78. The molecule has 1 unspecified atom stereocenters. The van der Waals surface area contributed by atoms with Gasteiger partial charge in [0.1, 0.15) is 5.00 Å². The molecule has 0 bridgehead atoms. The van der Waals surface area contributed by atoms with Crippen molar-refractivity contribution in [3.8, 4) is 0 Å². The van der Waals surface area contributed by atoms with E-state index >= 15 is 0 Å². The van der Waals surface area contributed by atoms with Crippen LogP contribution in [-0.2, 0) is 34.2 Å². The van der Waals surface area contributed by atoms with E-state index in [-0.39, 0.29) is 17.3 Å². The molecule has 4 nitrogen and oxygen atoms in total. The van der Waals surface area contributed by atoms with Gasteiger partial charge in [-0.1, -0.05) is 52.0 Å². The second-order valence-electron chi connectivity index (χ2n) is 9.04. The summed E-state index contributed by atoms with van der Waals surface area (Å²) in [6.45, 7) is 8.80. The molecule has 0 radical (unpaired) electrons. The van der Waals surface area contributed by atoms with Gasteiger partial charge in [0.25, 0.3) is 0 Å². The Bertz CT molecular complexity index is 890. The minimum atomic E-state index is -0.356. The molecular formula is C24H31NO3S. The van der Waals surface area contributed by atoms with Crippen LogP contribution in [-0.4, -0.2) is 19.0 Å². The predicted molar refractivity (Wildman–Crippen MR) is 119 cm³/mol. The lowest BCUT2D eigenvalue weighted by Crippen LogP contribution is -2.16. The summed E-state index contributed by atoms with van der Waals surface area (Å²) in [6.07, 6.45) is 3.94. The molecule has 2 aromatic rings. The zero-order valence-corrected chi connectivity index (χ0v) is 18.9. The van der Waals surface area contributed by atoms with Crippen LogP contribution in [0.15, 0.2) is 24.3 Å². The normalized spacial score (nSPS) is 16.2. The van der Waals surface area contributed by atoms with Gasteiger partial charge in [0.05, 0.1) is 12.7 Å². The lowest BCUT2D eigenvalue weighted by Gasteiger charge is -2.19. The van der Waals surface area contributed by atoms with E-state index in [4.69, 9.17) is 4.74 Å². The zero-order chi connectivity index (χ0) is 21.2. The van der Waals surface area contributed by atoms with Crippen LogP contribution in [0.4, 0.5) is 5.00 Å². The Hall–Kier alpha value is -2.14. The topological polar surface area (TPSA) is 55.4 Å². The molecule has 1 aliphatic carbocycles. The summed E-state index contributed by atoms with van der Waals surface area (Å²) in [6, 6.07) is 8.46. The number of aryl methyl sites for hydroxylation is 1. The predicted octanol–water partition coefficient (Wildman–Crippen LogP) is 5.53. The van der Waals surface area contributed by atoms with Gasteiger partial charge in [-0.25, -0.2) is 4.79 Å². The van der Waals surface area contributed by atoms with E-state index in [0.29, 0.717) is 29.3 Å². The van der Waals surface area contributed by atoms with Crippen LogP contribution in [0.25, 0.3) is 0 Å². The molecule has 0 spiro atoms. The van der Waals surface area contributed by atoms with E-state index in [9.17, 15) is 9.59 Å². The molecule has 0 saturated carbocycles. The van der Waals surface area contributed by atoms with Gasteiger partial charge in [-0.15, -0.1) is 11.3 Å². The third-order valence-electron chi connectivity index (χ3n) is 5.61. The molecule has 0 fully saturated rings. The molecule has 1 amide bonds. The Balaban J connectivity index is 1.68. The molecule has 3 rings (SSSR count). The maximum atomic E-state index is 12.6. The fraction of sp³-hybridized carbons (Fsp3) is 0.500.